The second-order valence-corrected chi connectivity index (χ2v) is 8.88. The number of hydrogen-bond donors (Lipinski definition) is 2. The number of nitrogens with zero attached hydrogens (tertiary/aromatic N) is 5. The number of nitrogens with one attached hydrogen (secondary N) is 2. The summed E-state index contributed by atoms with van der Waals surface area (Å²) in [7, 11) is 0. The monoisotopic (exact) mass is 465 g/mol. The molecule has 0 unspecified atom stereocenters. The summed E-state index contributed by atoms with van der Waals surface area (Å²) in [6.07, 6.45) is 9.67. The Morgan fingerprint density at radius 3 is 2.50 bits per heavy atom. The zero-order valence-corrected chi connectivity index (χ0v) is 19.5. The predicted octanol–water partition coefficient (Wildman–Crippen LogP) is 2.64. The van der Waals surface area contributed by atoms with Gasteiger partial charge < -0.3 is 15.2 Å². The molecule has 2 aromatic heterocycles. The van der Waals surface area contributed by atoms with Crippen LogP contribution in [0.15, 0.2) is 41.4 Å². The van der Waals surface area contributed by atoms with E-state index in [4.69, 9.17) is 4.52 Å². The van der Waals surface area contributed by atoms with Crippen LogP contribution in [0.4, 0.5) is 0 Å². The van der Waals surface area contributed by atoms with Crippen LogP contribution in [0.2, 0.25) is 0 Å². The summed E-state index contributed by atoms with van der Waals surface area (Å²) in [6, 6.07) is 8.01. The van der Waals surface area contributed by atoms with Crippen molar-refractivity contribution >= 4 is 11.8 Å². The molecular weight excluding hydrogens is 434 g/mol. The van der Waals surface area contributed by atoms with Gasteiger partial charge in [0.05, 0.1) is 6.54 Å². The van der Waals surface area contributed by atoms with Crippen LogP contribution in [0.3, 0.4) is 0 Å². The standard InChI is InChI=1S/C24H31N7O3/c1-18(32)29-24(12-4-2-3-5-13-24)23-28-22(34-30-23)11-10-21(33)26-14-19-6-8-20(9-7-19)15-31-17-25-16-27-31/h6-9,16-17H,2-5,10-15H2,1H3,(H,26,33)(H,29,32). The molecular formula is C24H31N7O3. The largest absolute Gasteiger partial charge is 0.352 e. The fraction of sp³-hybridized carbons (Fsp3) is 0.500. The Kier molecular flexibility index (Phi) is 7.66. The predicted molar refractivity (Wildman–Crippen MR) is 123 cm³/mol. The van der Waals surface area contributed by atoms with E-state index in [9.17, 15) is 9.59 Å². The lowest BCUT2D eigenvalue weighted by molar-refractivity contribution is -0.122. The highest BCUT2D eigenvalue weighted by Gasteiger charge is 2.38. The van der Waals surface area contributed by atoms with Crippen LogP contribution in [0, 0.1) is 0 Å². The van der Waals surface area contributed by atoms with Crippen molar-refractivity contribution in [2.45, 2.75) is 76.9 Å². The van der Waals surface area contributed by atoms with E-state index in [2.05, 4.69) is 30.9 Å². The molecule has 180 valence electrons. The number of aryl methyl sites for hydroxylation is 1. The average molecular weight is 466 g/mol. The lowest BCUT2D eigenvalue weighted by Gasteiger charge is -2.30. The summed E-state index contributed by atoms with van der Waals surface area (Å²) < 4.78 is 7.19. The molecule has 2 amide bonds. The number of hydrogen-bond acceptors (Lipinski definition) is 7. The number of rotatable bonds is 9. The van der Waals surface area contributed by atoms with Crippen molar-refractivity contribution in [2.75, 3.05) is 0 Å². The molecule has 1 saturated carbocycles. The molecule has 10 heteroatoms. The molecule has 0 aliphatic heterocycles. The van der Waals surface area contributed by atoms with Crippen molar-refractivity contribution in [3.63, 3.8) is 0 Å². The van der Waals surface area contributed by atoms with E-state index in [-0.39, 0.29) is 18.2 Å². The van der Waals surface area contributed by atoms with E-state index in [1.165, 1.54) is 13.3 Å². The van der Waals surface area contributed by atoms with E-state index < -0.39 is 5.54 Å². The Morgan fingerprint density at radius 1 is 1.09 bits per heavy atom. The summed E-state index contributed by atoms with van der Waals surface area (Å²) in [5.74, 6) is 0.749. The summed E-state index contributed by atoms with van der Waals surface area (Å²) >= 11 is 0. The lowest BCUT2D eigenvalue weighted by atomic mass is 9.89. The maximum absolute atomic E-state index is 12.4. The van der Waals surface area contributed by atoms with Gasteiger partial charge in [0.15, 0.2) is 5.82 Å². The first-order valence-electron chi connectivity index (χ1n) is 11.8. The van der Waals surface area contributed by atoms with E-state index >= 15 is 0 Å². The van der Waals surface area contributed by atoms with Crippen LogP contribution in [-0.2, 0) is 34.6 Å². The normalized spacial score (nSPS) is 15.4. The van der Waals surface area contributed by atoms with Gasteiger partial charge in [-0.05, 0) is 24.0 Å². The first-order chi connectivity index (χ1) is 16.5. The van der Waals surface area contributed by atoms with Crippen LogP contribution in [0.25, 0.3) is 0 Å². The summed E-state index contributed by atoms with van der Waals surface area (Å²) in [6.45, 7) is 2.62. The van der Waals surface area contributed by atoms with Crippen LogP contribution >= 0.6 is 0 Å². The number of carbonyl (C=O) groups excluding carboxylic acids is 2. The van der Waals surface area contributed by atoms with Crippen LogP contribution in [0.5, 0.6) is 0 Å². The minimum absolute atomic E-state index is 0.0857. The van der Waals surface area contributed by atoms with Gasteiger partial charge in [-0.1, -0.05) is 55.1 Å². The van der Waals surface area contributed by atoms with E-state index in [0.29, 0.717) is 31.2 Å². The minimum atomic E-state index is -0.577. The van der Waals surface area contributed by atoms with Crippen molar-refractivity contribution in [1.82, 2.24) is 35.5 Å². The first kappa shape index (κ1) is 23.6. The molecule has 2 N–H and O–H groups in total. The van der Waals surface area contributed by atoms with Gasteiger partial charge in [0.25, 0.3) is 0 Å². The molecule has 0 radical (unpaired) electrons. The quantitative estimate of drug-likeness (QED) is 0.465. The van der Waals surface area contributed by atoms with Crippen molar-refractivity contribution in [1.29, 1.82) is 0 Å². The van der Waals surface area contributed by atoms with Gasteiger partial charge in [-0.3, -0.25) is 9.59 Å². The molecule has 0 bridgehead atoms. The molecule has 3 aromatic rings. The van der Waals surface area contributed by atoms with Crippen molar-refractivity contribution in [3.8, 4) is 0 Å². The molecule has 4 rings (SSSR count). The molecule has 1 aliphatic carbocycles. The van der Waals surface area contributed by atoms with Gasteiger partial charge in [-0.25, -0.2) is 9.67 Å². The van der Waals surface area contributed by atoms with Gasteiger partial charge in [0.1, 0.15) is 18.2 Å². The Bertz CT molecular complexity index is 1070. The number of aromatic nitrogens is 5. The van der Waals surface area contributed by atoms with Crippen LogP contribution in [0.1, 0.15) is 74.7 Å². The van der Waals surface area contributed by atoms with E-state index in [0.717, 1.165) is 49.7 Å². The highest BCUT2D eigenvalue weighted by atomic mass is 16.5. The maximum Gasteiger partial charge on any atom is 0.227 e. The van der Waals surface area contributed by atoms with Crippen molar-refractivity contribution in [3.05, 3.63) is 59.8 Å². The molecule has 0 atom stereocenters. The fourth-order valence-corrected chi connectivity index (χ4v) is 4.40. The zero-order valence-electron chi connectivity index (χ0n) is 19.5. The smallest absolute Gasteiger partial charge is 0.227 e. The molecule has 10 nitrogen and oxygen atoms in total. The lowest BCUT2D eigenvalue weighted by Crippen LogP contribution is -2.45. The summed E-state index contributed by atoms with van der Waals surface area (Å²) in [5.41, 5.74) is 1.55. The maximum atomic E-state index is 12.4. The summed E-state index contributed by atoms with van der Waals surface area (Å²) in [4.78, 5) is 32.7. The minimum Gasteiger partial charge on any atom is -0.352 e. The van der Waals surface area contributed by atoms with Crippen molar-refractivity contribution in [2.24, 2.45) is 0 Å². The van der Waals surface area contributed by atoms with Crippen LogP contribution in [-0.4, -0.2) is 36.7 Å². The Labute approximate surface area is 198 Å². The molecule has 1 aliphatic rings. The van der Waals surface area contributed by atoms with Gasteiger partial charge in [0.2, 0.25) is 17.7 Å². The zero-order chi connectivity index (χ0) is 23.8. The van der Waals surface area contributed by atoms with Gasteiger partial charge >= 0.3 is 0 Å². The molecule has 2 heterocycles. The Balaban J connectivity index is 1.27. The second kappa shape index (κ2) is 11.0. The Hall–Kier alpha value is -3.56. The first-order valence-corrected chi connectivity index (χ1v) is 11.8. The highest BCUT2D eigenvalue weighted by Crippen LogP contribution is 2.34. The number of carbonyl (C=O) groups is 2. The number of amides is 2. The molecule has 0 saturated heterocycles. The van der Waals surface area contributed by atoms with Gasteiger partial charge in [0, 0.05) is 26.3 Å². The van der Waals surface area contributed by atoms with E-state index in [1.807, 2.05) is 24.3 Å². The number of benzene rings is 1. The van der Waals surface area contributed by atoms with Crippen LogP contribution < -0.4 is 10.6 Å². The molecule has 1 aromatic carbocycles. The second-order valence-electron chi connectivity index (χ2n) is 8.88. The third kappa shape index (κ3) is 6.27. The SMILES string of the molecule is CC(=O)NC1(c2noc(CCC(=O)NCc3ccc(Cn4cncn4)cc3)n2)CCCCCC1. The van der Waals surface area contributed by atoms with Gasteiger partial charge in [-0.2, -0.15) is 10.1 Å². The topological polar surface area (TPSA) is 128 Å². The molecule has 34 heavy (non-hydrogen) atoms. The fourth-order valence-electron chi connectivity index (χ4n) is 4.40. The van der Waals surface area contributed by atoms with Gasteiger partial charge in [-0.15, -0.1) is 0 Å². The molecule has 1 fully saturated rings. The van der Waals surface area contributed by atoms with Crippen molar-refractivity contribution < 1.29 is 14.1 Å². The highest BCUT2D eigenvalue weighted by molar-refractivity contribution is 5.76. The third-order valence-electron chi connectivity index (χ3n) is 6.16. The summed E-state index contributed by atoms with van der Waals surface area (Å²) in [5, 5.41) is 14.3. The van der Waals surface area contributed by atoms with E-state index in [1.54, 1.807) is 11.0 Å². The average Bonchev–Trinajstić information content (AvgIpc) is 3.46. The Morgan fingerprint density at radius 2 is 1.82 bits per heavy atom. The molecule has 0 spiro atoms. The third-order valence-corrected chi connectivity index (χ3v) is 6.16.